The van der Waals surface area contributed by atoms with Gasteiger partial charge in [-0.3, -0.25) is 5.41 Å². The van der Waals surface area contributed by atoms with Crippen LogP contribution in [0, 0.1) is 5.41 Å². The fourth-order valence-corrected chi connectivity index (χ4v) is 2.05. The minimum Gasteiger partial charge on any atom is -0.488 e. The SMILES string of the molecule is N=C(N)c1ccc(Br)cc1OCc1ccc(Cl)cc1. The van der Waals surface area contributed by atoms with Crippen molar-refractivity contribution in [2.45, 2.75) is 6.61 Å². The first kappa shape index (κ1) is 13.9. The molecule has 2 aromatic carbocycles. The van der Waals surface area contributed by atoms with E-state index >= 15 is 0 Å². The van der Waals surface area contributed by atoms with E-state index in [1.54, 1.807) is 12.1 Å². The molecule has 3 nitrogen and oxygen atoms in total. The molecule has 0 amide bonds. The molecule has 0 bridgehead atoms. The maximum absolute atomic E-state index is 7.52. The van der Waals surface area contributed by atoms with Crippen molar-refractivity contribution in [2.24, 2.45) is 5.73 Å². The van der Waals surface area contributed by atoms with Gasteiger partial charge in [-0.15, -0.1) is 0 Å². The molecule has 0 heterocycles. The standard InChI is InChI=1S/C14H12BrClN2O/c15-10-3-6-12(14(17)18)13(7-10)19-8-9-1-4-11(16)5-2-9/h1-7H,8H2,(H3,17,18). The van der Waals surface area contributed by atoms with Crippen molar-refractivity contribution >= 4 is 33.4 Å². The molecular formula is C14H12BrClN2O. The van der Waals surface area contributed by atoms with E-state index in [4.69, 9.17) is 27.5 Å². The van der Waals surface area contributed by atoms with Crippen LogP contribution < -0.4 is 10.5 Å². The number of hydrogen-bond acceptors (Lipinski definition) is 2. The first-order valence-corrected chi connectivity index (χ1v) is 6.74. The zero-order chi connectivity index (χ0) is 13.8. The molecule has 98 valence electrons. The average molecular weight is 340 g/mol. The molecule has 3 N–H and O–H groups in total. The maximum Gasteiger partial charge on any atom is 0.131 e. The Hall–Kier alpha value is -1.52. The number of amidine groups is 1. The summed E-state index contributed by atoms with van der Waals surface area (Å²) in [6.45, 7) is 0.397. The largest absolute Gasteiger partial charge is 0.488 e. The number of halogens is 2. The van der Waals surface area contributed by atoms with Crippen molar-refractivity contribution in [3.63, 3.8) is 0 Å². The summed E-state index contributed by atoms with van der Waals surface area (Å²) < 4.78 is 6.59. The van der Waals surface area contributed by atoms with Crippen LogP contribution in [0.2, 0.25) is 5.02 Å². The van der Waals surface area contributed by atoms with Gasteiger partial charge >= 0.3 is 0 Å². The quantitative estimate of drug-likeness (QED) is 0.654. The van der Waals surface area contributed by atoms with Gasteiger partial charge in [0.25, 0.3) is 0 Å². The highest BCUT2D eigenvalue weighted by Crippen LogP contribution is 2.24. The van der Waals surface area contributed by atoms with E-state index in [1.165, 1.54) is 0 Å². The molecule has 19 heavy (non-hydrogen) atoms. The summed E-state index contributed by atoms with van der Waals surface area (Å²) in [5.41, 5.74) is 7.10. The Balaban J connectivity index is 2.16. The summed E-state index contributed by atoms with van der Waals surface area (Å²) in [5.74, 6) is 0.565. The summed E-state index contributed by atoms with van der Waals surface area (Å²) in [5, 5.41) is 8.21. The summed E-state index contributed by atoms with van der Waals surface area (Å²) >= 11 is 9.20. The molecule has 0 aliphatic carbocycles. The highest BCUT2D eigenvalue weighted by Gasteiger charge is 2.07. The minimum absolute atomic E-state index is 0.0152. The molecule has 0 saturated heterocycles. The lowest BCUT2D eigenvalue weighted by molar-refractivity contribution is 0.305. The highest BCUT2D eigenvalue weighted by molar-refractivity contribution is 9.10. The zero-order valence-electron chi connectivity index (χ0n) is 9.99. The molecule has 0 radical (unpaired) electrons. The maximum atomic E-state index is 7.52. The number of nitrogens with two attached hydrogens (primary N) is 1. The van der Waals surface area contributed by atoms with Crippen molar-refractivity contribution in [1.29, 1.82) is 5.41 Å². The van der Waals surface area contributed by atoms with Gasteiger partial charge in [-0.05, 0) is 35.9 Å². The molecule has 2 aromatic rings. The predicted molar refractivity (Wildman–Crippen MR) is 80.9 cm³/mol. The van der Waals surface area contributed by atoms with E-state index < -0.39 is 0 Å². The average Bonchev–Trinajstić information content (AvgIpc) is 2.38. The normalized spacial score (nSPS) is 10.2. The van der Waals surface area contributed by atoms with Gasteiger partial charge in [0.15, 0.2) is 0 Å². The lowest BCUT2D eigenvalue weighted by atomic mass is 10.2. The lowest BCUT2D eigenvalue weighted by Crippen LogP contribution is -2.13. The molecule has 2 rings (SSSR count). The second-order valence-electron chi connectivity index (χ2n) is 3.97. The highest BCUT2D eigenvalue weighted by atomic mass is 79.9. The van der Waals surface area contributed by atoms with Gasteiger partial charge in [-0.1, -0.05) is 39.7 Å². The Morgan fingerprint density at radius 3 is 2.53 bits per heavy atom. The molecular weight excluding hydrogens is 328 g/mol. The Bertz CT molecular complexity index is 599. The second-order valence-corrected chi connectivity index (χ2v) is 5.32. The number of rotatable bonds is 4. The van der Waals surface area contributed by atoms with Crippen LogP contribution in [-0.4, -0.2) is 5.84 Å². The third kappa shape index (κ3) is 3.72. The zero-order valence-corrected chi connectivity index (χ0v) is 12.3. The van der Waals surface area contributed by atoms with Crippen molar-refractivity contribution in [1.82, 2.24) is 0 Å². The minimum atomic E-state index is -0.0152. The third-order valence-electron chi connectivity index (χ3n) is 2.54. The van der Waals surface area contributed by atoms with Crippen molar-refractivity contribution < 1.29 is 4.74 Å². The Kier molecular flexibility index (Phi) is 4.45. The molecule has 0 unspecified atom stereocenters. The fraction of sp³-hybridized carbons (Fsp3) is 0.0714. The molecule has 0 aromatic heterocycles. The van der Waals surface area contributed by atoms with Crippen molar-refractivity contribution in [3.8, 4) is 5.75 Å². The molecule has 0 saturated carbocycles. The van der Waals surface area contributed by atoms with Gasteiger partial charge in [0.05, 0.1) is 5.56 Å². The van der Waals surface area contributed by atoms with Gasteiger partial charge in [-0.2, -0.15) is 0 Å². The number of hydrogen-bond donors (Lipinski definition) is 2. The van der Waals surface area contributed by atoms with Crippen LogP contribution in [-0.2, 0) is 6.61 Å². The van der Waals surface area contributed by atoms with Gasteiger partial charge in [-0.25, -0.2) is 0 Å². The summed E-state index contributed by atoms with van der Waals surface area (Å²) in [7, 11) is 0. The van der Waals surface area contributed by atoms with E-state index in [1.807, 2.05) is 30.3 Å². The Morgan fingerprint density at radius 1 is 1.21 bits per heavy atom. The van der Waals surface area contributed by atoms with E-state index in [9.17, 15) is 0 Å². The predicted octanol–water partition coefficient (Wildman–Crippen LogP) is 3.97. The van der Waals surface area contributed by atoms with Gasteiger partial charge in [0.1, 0.15) is 18.2 Å². The van der Waals surface area contributed by atoms with E-state index in [2.05, 4.69) is 15.9 Å². The van der Waals surface area contributed by atoms with Gasteiger partial charge < -0.3 is 10.5 Å². The molecule has 0 fully saturated rings. The third-order valence-corrected chi connectivity index (χ3v) is 3.29. The molecule has 5 heteroatoms. The van der Waals surface area contributed by atoms with Crippen LogP contribution in [0.4, 0.5) is 0 Å². The van der Waals surface area contributed by atoms with Gasteiger partial charge in [0, 0.05) is 9.50 Å². The number of ether oxygens (including phenoxy) is 1. The molecule has 0 atom stereocenters. The van der Waals surface area contributed by atoms with E-state index in [0.29, 0.717) is 22.9 Å². The second kappa shape index (κ2) is 6.08. The molecule has 0 spiro atoms. The van der Waals surface area contributed by atoms with Crippen molar-refractivity contribution in [2.75, 3.05) is 0 Å². The lowest BCUT2D eigenvalue weighted by Gasteiger charge is -2.11. The van der Waals surface area contributed by atoms with Gasteiger partial charge in [0.2, 0.25) is 0 Å². The van der Waals surface area contributed by atoms with Crippen LogP contribution in [0.5, 0.6) is 5.75 Å². The topological polar surface area (TPSA) is 59.1 Å². The van der Waals surface area contributed by atoms with Crippen LogP contribution in [0.1, 0.15) is 11.1 Å². The number of benzene rings is 2. The molecule has 0 aliphatic heterocycles. The Labute approximate surface area is 125 Å². The Morgan fingerprint density at radius 2 is 1.89 bits per heavy atom. The van der Waals surface area contributed by atoms with Crippen molar-refractivity contribution in [3.05, 3.63) is 63.1 Å². The summed E-state index contributed by atoms with van der Waals surface area (Å²) in [6, 6.07) is 12.8. The first-order valence-electron chi connectivity index (χ1n) is 5.57. The van der Waals surface area contributed by atoms with E-state index in [-0.39, 0.29) is 5.84 Å². The summed E-state index contributed by atoms with van der Waals surface area (Å²) in [4.78, 5) is 0. The fourth-order valence-electron chi connectivity index (χ4n) is 1.58. The number of nitrogens with one attached hydrogen (secondary N) is 1. The summed E-state index contributed by atoms with van der Waals surface area (Å²) in [6.07, 6.45) is 0. The van der Waals surface area contributed by atoms with Crippen LogP contribution in [0.15, 0.2) is 46.9 Å². The number of nitrogen functional groups attached to an aromatic ring is 1. The van der Waals surface area contributed by atoms with Crippen LogP contribution >= 0.6 is 27.5 Å². The first-order chi connectivity index (χ1) is 9.06. The molecule has 0 aliphatic rings. The van der Waals surface area contributed by atoms with Crippen LogP contribution in [0.25, 0.3) is 0 Å². The van der Waals surface area contributed by atoms with Crippen LogP contribution in [0.3, 0.4) is 0 Å². The monoisotopic (exact) mass is 338 g/mol. The van der Waals surface area contributed by atoms with E-state index in [0.717, 1.165) is 10.0 Å². The smallest absolute Gasteiger partial charge is 0.131 e.